The van der Waals surface area contributed by atoms with Crippen molar-refractivity contribution in [3.05, 3.63) is 58.1 Å². The molecule has 1 saturated heterocycles. The Hall–Kier alpha value is -1.66. The summed E-state index contributed by atoms with van der Waals surface area (Å²) < 4.78 is 6.69. The van der Waals surface area contributed by atoms with Crippen molar-refractivity contribution in [2.45, 2.75) is 18.9 Å². The first-order chi connectivity index (χ1) is 12.6. The van der Waals surface area contributed by atoms with E-state index in [-0.39, 0.29) is 12.0 Å². The lowest BCUT2D eigenvalue weighted by molar-refractivity contribution is 0.0917. The Morgan fingerprint density at radius 1 is 1.23 bits per heavy atom. The summed E-state index contributed by atoms with van der Waals surface area (Å²) in [5.41, 5.74) is 1.36. The number of fused-ring (bicyclic) bond motifs is 1. The SMILES string of the molecule is O=C(c1cccc(Cl)c1)N(CC1CCCO1)c1nc2ccc(Cl)cc2s1. The van der Waals surface area contributed by atoms with Crippen molar-refractivity contribution >= 4 is 55.8 Å². The Balaban J connectivity index is 1.72. The highest BCUT2D eigenvalue weighted by molar-refractivity contribution is 7.22. The molecule has 1 fully saturated rings. The first kappa shape index (κ1) is 17.7. The molecular formula is C19H16Cl2N2O2S. The van der Waals surface area contributed by atoms with Crippen LogP contribution >= 0.6 is 34.5 Å². The summed E-state index contributed by atoms with van der Waals surface area (Å²) in [6.45, 7) is 1.21. The van der Waals surface area contributed by atoms with Crippen LogP contribution in [0.2, 0.25) is 10.0 Å². The average Bonchev–Trinajstić information content (AvgIpc) is 3.28. The van der Waals surface area contributed by atoms with Crippen LogP contribution in [0.1, 0.15) is 23.2 Å². The maximum absolute atomic E-state index is 13.2. The summed E-state index contributed by atoms with van der Waals surface area (Å²) in [7, 11) is 0. The zero-order valence-corrected chi connectivity index (χ0v) is 16.2. The summed E-state index contributed by atoms with van der Waals surface area (Å²) in [5.74, 6) is -0.131. The smallest absolute Gasteiger partial charge is 0.260 e. The minimum atomic E-state index is -0.131. The second kappa shape index (κ2) is 7.53. The molecule has 1 unspecified atom stereocenters. The maximum atomic E-state index is 13.2. The number of rotatable bonds is 4. The van der Waals surface area contributed by atoms with Gasteiger partial charge in [-0.1, -0.05) is 40.6 Å². The van der Waals surface area contributed by atoms with Gasteiger partial charge in [0.25, 0.3) is 5.91 Å². The number of benzene rings is 2. The van der Waals surface area contributed by atoms with Crippen LogP contribution in [0.5, 0.6) is 0 Å². The molecule has 3 aromatic rings. The third kappa shape index (κ3) is 3.71. The molecule has 2 heterocycles. The molecule has 1 aliphatic heterocycles. The lowest BCUT2D eigenvalue weighted by atomic mass is 10.2. The first-order valence-electron chi connectivity index (χ1n) is 8.35. The van der Waals surface area contributed by atoms with E-state index in [1.54, 1.807) is 35.2 Å². The van der Waals surface area contributed by atoms with Gasteiger partial charge in [-0.3, -0.25) is 9.69 Å². The van der Waals surface area contributed by atoms with E-state index in [2.05, 4.69) is 4.98 Å². The minimum absolute atomic E-state index is 0.0220. The number of ether oxygens (including phenoxy) is 1. The molecule has 4 nitrogen and oxygen atoms in total. The molecule has 1 atom stereocenters. The lowest BCUT2D eigenvalue weighted by Crippen LogP contribution is -2.37. The Morgan fingerprint density at radius 2 is 2.08 bits per heavy atom. The highest BCUT2D eigenvalue weighted by Crippen LogP contribution is 2.32. The average molecular weight is 407 g/mol. The number of carbonyl (C=O) groups is 1. The number of hydrogen-bond donors (Lipinski definition) is 0. The van der Waals surface area contributed by atoms with E-state index < -0.39 is 0 Å². The number of anilines is 1. The van der Waals surface area contributed by atoms with E-state index >= 15 is 0 Å². The molecule has 26 heavy (non-hydrogen) atoms. The van der Waals surface area contributed by atoms with E-state index in [0.29, 0.717) is 27.3 Å². The Morgan fingerprint density at radius 3 is 2.85 bits per heavy atom. The zero-order chi connectivity index (χ0) is 18.1. The fourth-order valence-electron chi connectivity index (χ4n) is 3.02. The Labute approximate surface area is 165 Å². The fraction of sp³-hybridized carbons (Fsp3) is 0.263. The van der Waals surface area contributed by atoms with Crippen molar-refractivity contribution in [2.75, 3.05) is 18.1 Å². The number of aromatic nitrogens is 1. The van der Waals surface area contributed by atoms with E-state index in [4.69, 9.17) is 27.9 Å². The van der Waals surface area contributed by atoms with Crippen LogP contribution < -0.4 is 4.90 Å². The van der Waals surface area contributed by atoms with Gasteiger partial charge in [-0.15, -0.1) is 0 Å². The molecule has 0 spiro atoms. The van der Waals surface area contributed by atoms with Crippen LogP contribution in [0.25, 0.3) is 10.2 Å². The zero-order valence-electron chi connectivity index (χ0n) is 13.8. The van der Waals surface area contributed by atoms with Crippen molar-refractivity contribution in [1.29, 1.82) is 0 Å². The number of nitrogens with zero attached hydrogens (tertiary/aromatic N) is 2. The molecule has 0 bridgehead atoms. The molecule has 4 rings (SSSR count). The second-order valence-corrected chi connectivity index (χ2v) is 8.05. The molecule has 0 aliphatic carbocycles. The van der Waals surface area contributed by atoms with E-state index in [0.717, 1.165) is 29.7 Å². The van der Waals surface area contributed by atoms with Crippen molar-refractivity contribution in [2.24, 2.45) is 0 Å². The normalized spacial score (nSPS) is 16.9. The van der Waals surface area contributed by atoms with E-state index in [9.17, 15) is 4.79 Å². The van der Waals surface area contributed by atoms with Gasteiger partial charge in [0.1, 0.15) is 0 Å². The number of hydrogen-bond acceptors (Lipinski definition) is 4. The van der Waals surface area contributed by atoms with Gasteiger partial charge in [0.05, 0.1) is 22.9 Å². The summed E-state index contributed by atoms with van der Waals surface area (Å²) in [6, 6.07) is 12.5. The quantitative estimate of drug-likeness (QED) is 0.579. The summed E-state index contributed by atoms with van der Waals surface area (Å²) >= 11 is 13.6. The van der Waals surface area contributed by atoms with Crippen molar-refractivity contribution < 1.29 is 9.53 Å². The highest BCUT2D eigenvalue weighted by atomic mass is 35.5. The van der Waals surface area contributed by atoms with Gasteiger partial charge in [-0.2, -0.15) is 0 Å². The summed E-state index contributed by atoms with van der Waals surface area (Å²) in [6.07, 6.45) is 1.98. The van der Waals surface area contributed by atoms with Gasteiger partial charge >= 0.3 is 0 Å². The van der Waals surface area contributed by atoms with E-state index in [1.165, 1.54) is 11.3 Å². The summed E-state index contributed by atoms with van der Waals surface area (Å²) in [4.78, 5) is 19.5. The Bertz CT molecular complexity index is 954. The van der Waals surface area contributed by atoms with Crippen LogP contribution in [0, 0.1) is 0 Å². The second-order valence-electron chi connectivity index (χ2n) is 6.17. The van der Waals surface area contributed by atoms with Crippen molar-refractivity contribution in [1.82, 2.24) is 4.98 Å². The topological polar surface area (TPSA) is 42.4 Å². The molecule has 7 heteroatoms. The van der Waals surface area contributed by atoms with Gasteiger partial charge in [-0.05, 0) is 49.2 Å². The van der Waals surface area contributed by atoms with Gasteiger partial charge in [-0.25, -0.2) is 4.98 Å². The van der Waals surface area contributed by atoms with Crippen LogP contribution in [0.3, 0.4) is 0 Å². The fourth-order valence-corrected chi connectivity index (χ4v) is 4.46. The molecule has 1 aliphatic rings. The van der Waals surface area contributed by atoms with E-state index in [1.807, 2.05) is 12.1 Å². The van der Waals surface area contributed by atoms with Crippen molar-refractivity contribution in [3.63, 3.8) is 0 Å². The molecule has 134 valence electrons. The molecule has 1 amide bonds. The van der Waals surface area contributed by atoms with Gasteiger partial charge in [0, 0.05) is 22.2 Å². The molecule has 1 aromatic heterocycles. The predicted molar refractivity (Wildman–Crippen MR) is 107 cm³/mol. The van der Waals surface area contributed by atoms with Crippen LogP contribution in [-0.2, 0) is 4.74 Å². The van der Waals surface area contributed by atoms with Gasteiger partial charge in [0.2, 0.25) is 0 Å². The van der Waals surface area contributed by atoms with Crippen molar-refractivity contribution in [3.8, 4) is 0 Å². The molecule has 0 N–H and O–H groups in total. The number of thiazole rings is 1. The largest absolute Gasteiger partial charge is 0.376 e. The molecule has 0 saturated carbocycles. The molecular weight excluding hydrogens is 391 g/mol. The molecule has 2 aromatic carbocycles. The highest BCUT2D eigenvalue weighted by Gasteiger charge is 2.27. The van der Waals surface area contributed by atoms with Crippen LogP contribution in [-0.4, -0.2) is 30.1 Å². The van der Waals surface area contributed by atoms with Crippen LogP contribution in [0.15, 0.2) is 42.5 Å². The monoisotopic (exact) mass is 406 g/mol. The maximum Gasteiger partial charge on any atom is 0.260 e. The number of halogens is 2. The third-order valence-corrected chi connectivity index (χ3v) is 5.81. The van der Waals surface area contributed by atoms with Crippen LogP contribution in [0.4, 0.5) is 5.13 Å². The minimum Gasteiger partial charge on any atom is -0.376 e. The van der Waals surface area contributed by atoms with Gasteiger partial charge in [0.15, 0.2) is 5.13 Å². The number of amides is 1. The number of carbonyl (C=O) groups excluding carboxylic acids is 1. The summed E-state index contributed by atoms with van der Waals surface area (Å²) in [5, 5.41) is 1.83. The lowest BCUT2D eigenvalue weighted by Gasteiger charge is -2.23. The molecule has 0 radical (unpaired) electrons. The Kier molecular flexibility index (Phi) is 5.14. The predicted octanol–water partition coefficient (Wildman–Crippen LogP) is 5.43. The van der Waals surface area contributed by atoms with Gasteiger partial charge < -0.3 is 4.74 Å². The third-order valence-electron chi connectivity index (χ3n) is 4.30. The standard InChI is InChI=1S/C19H16Cl2N2O2S/c20-13-4-1-3-12(9-13)18(24)23(11-15-5-2-8-25-15)19-22-16-7-6-14(21)10-17(16)26-19/h1,3-4,6-7,9-10,15H,2,5,8,11H2. The first-order valence-corrected chi connectivity index (χ1v) is 9.92.